The fourth-order valence-electron chi connectivity index (χ4n) is 24.0. The van der Waals surface area contributed by atoms with Crippen LogP contribution in [0, 0.1) is 69.5 Å². The molecule has 3 aromatic rings. The molecular weight excluding hydrogens is 1230 g/mol. The van der Waals surface area contributed by atoms with Gasteiger partial charge in [-0.05, 0) is 326 Å². The second-order valence-electron chi connectivity index (χ2n) is 36.6. The molecule has 12 aliphatic carbocycles. The van der Waals surface area contributed by atoms with Crippen molar-refractivity contribution in [3.8, 4) is 0 Å². The van der Waals surface area contributed by atoms with Crippen molar-refractivity contribution >= 4 is 22.9 Å². The number of nitrogens with zero attached hydrogens (tertiary/aromatic N) is 2. The minimum atomic E-state index is -0.105. The summed E-state index contributed by atoms with van der Waals surface area (Å²) in [5, 5.41) is 0. The van der Waals surface area contributed by atoms with Gasteiger partial charge in [0.15, 0.2) is 0 Å². The van der Waals surface area contributed by atoms with Crippen LogP contribution in [-0.2, 0) is 17.3 Å². The zero-order valence-corrected chi connectivity index (χ0v) is 65.4. The fourth-order valence-corrected chi connectivity index (χ4v) is 24.0. The number of aryl methyl sites for hydroxylation is 1. The van der Waals surface area contributed by atoms with Gasteiger partial charge in [0.05, 0.1) is 12.1 Å². The van der Waals surface area contributed by atoms with E-state index >= 15 is 0 Å². The third kappa shape index (κ3) is 12.6. The minimum absolute atomic E-state index is 0.00998. The first-order chi connectivity index (χ1) is 49.2. The molecule has 102 heavy (non-hydrogen) atoms. The summed E-state index contributed by atoms with van der Waals surface area (Å²) < 4.78 is 0. The van der Waals surface area contributed by atoms with Crippen molar-refractivity contribution in [3.05, 3.63) is 260 Å². The fraction of sp³-hybridized carbons (Fsp3) is 0.520. The highest BCUT2D eigenvalue weighted by atomic mass is 15.2. The van der Waals surface area contributed by atoms with Gasteiger partial charge in [-0.1, -0.05) is 246 Å². The summed E-state index contributed by atoms with van der Waals surface area (Å²) in [5.74, 6) is 5.02. The Bertz CT molecular complexity index is 4210. The van der Waals surface area contributed by atoms with Crippen LogP contribution >= 0.6 is 0 Å². The van der Waals surface area contributed by atoms with Crippen LogP contribution in [0.5, 0.6) is 0 Å². The number of hydrogen-bond acceptors (Lipinski definition) is 2. The van der Waals surface area contributed by atoms with Crippen molar-refractivity contribution in [2.24, 2.45) is 69.5 Å². The van der Waals surface area contributed by atoms with Gasteiger partial charge in [-0.2, -0.15) is 0 Å². The molecule has 0 bridgehead atoms. The molecule has 2 nitrogen and oxygen atoms in total. The van der Waals surface area contributed by atoms with E-state index in [0.29, 0.717) is 47.3 Å². The third-order valence-electron chi connectivity index (χ3n) is 29.5. The predicted molar refractivity (Wildman–Crippen MR) is 438 cm³/mol. The monoisotopic (exact) mass is 1350 g/mol. The highest BCUT2D eigenvalue weighted by Gasteiger charge is 2.53. The lowest BCUT2D eigenvalue weighted by Crippen LogP contribution is -2.38. The molecule has 12 unspecified atom stereocenters. The van der Waals surface area contributed by atoms with Crippen molar-refractivity contribution < 1.29 is 0 Å². The molecule has 12 aliphatic rings. The van der Waals surface area contributed by atoms with E-state index in [-0.39, 0.29) is 39.2 Å². The summed E-state index contributed by atoms with van der Waals surface area (Å²) >= 11 is 0. The maximum atomic E-state index is 4.36. The van der Waals surface area contributed by atoms with Crippen LogP contribution in [-0.4, -0.2) is 23.5 Å². The smallest absolute Gasteiger partial charge is 0.0522 e. The first kappa shape index (κ1) is 71.0. The molecule has 0 aromatic heterocycles. The molecule has 0 aliphatic heterocycles. The average molecular weight is 1360 g/mol. The largest absolute Gasteiger partial charge is 0.368 e. The zero-order valence-electron chi connectivity index (χ0n) is 65.4. The molecule has 0 saturated heterocycles. The summed E-state index contributed by atoms with van der Waals surface area (Å²) in [4.78, 5) is 6.02. The standard InChI is InChI=1S/C100H126N2/c1-15-18-20-40-88-67(5)80-52-50-78(63-93(80)97(88,8)9)102(79-51-54-86-85-38-26-28-42-90(85)99(12,13)94(86)64-79)75-47-43-66(4)95(100(14)57-55-69-32-22-24-34-73(69)65-100)87-61-76(36-29-39-82(87)81(53-49-75)71-45-44-68-31-21-23-33-70(68)59-71)101(77-48-46-72-60-74(35-19-16-2)96(6,7)92(72)62-77)58-56-91-83(30-17-3)84-37-25-27-41-89(84)98(91,10)11/h17,19-21,23-27,30-31,33-35,37-38,40-41,43,46-47,50,52,59,61-64,69,73-74,77,79,81-82,85-86,90-91H,3,15-16,18,22,28-29,32,36,39,42,44-45,48-49,51,53-58,60,65H2,1-2,4-14H3/b35-19-,40-20-,66-43+,75-47+,83-30-,95-87+. The van der Waals surface area contributed by atoms with Crippen molar-refractivity contribution in [1.82, 2.24) is 4.90 Å². The number of hydrogen-bond donors (Lipinski definition) is 0. The van der Waals surface area contributed by atoms with Gasteiger partial charge in [0.1, 0.15) is 0 Å². The second kappa shape index (κ2) is 28.3. The molecule has 536 valence electrons. The number of fused-ring (bicyclic) bond motifs is 9. The van der Waals surface area contributed by atoms with Crippen LogP contribution in [0.25, 0.3) is 17.2 Å². The molecular formula is C100H126N2. The molecule has 12 atom stereocenters. The van der Waals surface area contributed by atoms with E-state index < -0.39 is 0 Å². The molecule has 0 radical (unpaired) electrons. The van der Waals surface area contributed by atoms with E-state index in [1.165, 1.54) is 144 Å². The Kier molecular flexibility index (Phi) is 19.7. The van der Waals surface area contributed by atoms with Crippen molar-refractivity contribution in [2.75, 3.05) is 11.4 Å². The van der Waals surface area contributed by atoms with Crippen LogP contribution in [0.1, 0.15) is 258 Å². The van der Waals surface area contributed by atoms with E-state index in [2.05, 4.69) is 276 Å². The summed E-state index contributed by atoms with van der Waals surface area (Å²) in [7, 11) is 0. The number of rotatable bonds is 16. The zero-order chi connectivity index (χ0) is 71.0. The quantitative estimate of drug-likeness (QED) is 0.132. The van der Waals surface area contributed by atoms with E-state index in [4.69, 9.17) is 0 Å². The molecule has 3 aromatic carbocycles. The van der Waals surface area contributed by atoms with E-state index in [1.54, 1.807) is 39.1 Å². The molecule has 0 spiro atoms. The van der Waals surface area contributed by atoms with Crippen LogP contribution in [0.15, 0.2) is 227 Å². The Morgan fingerprint density at radius 3 is 2.33 bits per heavy atom. The third-order valence-corrected chi connectivity index (χ3v) is 29.5. The average Bonchev–Trinajstić information content (AvgIpc) is 1.48. The van der Waals surface area contributed by atoms with Crippen LogP contribution in [0.2, 0.25) is 0 Å². The maximum absolute atomic E-state index is 4.36. The van der Waals surface area contributed by atoms with Crippen LogP contribution < -0.4 is 4.90 Å². The minimum Gasteiger partial charge on any atom is -0.368 e. The van der Waals surface area contributed by atoms with Crippen molar-refractivity contribution in [1.29, 1.82) is 0 Å². The normalized spacial score (nSPS) is 33.9. The lowest BCUT2D eigenvalue weighted by atomic mass is 9.58. The maximum Gasteiger partial charge on any atom is 0.0522 e. The Labute approximate surface area is 619 Å². The van der Waals surface area contributed by atoms with Gasteiger partial charge in [-0.15, -0.1) is 0 Å². The Balaban J connectivity index is 0.937. The van der Waals surface area contributed by atoms with Gasteiger partial charge in [0.25, 0.3) is 0 Å². The Hall–Kier alpha value is -6.64. The summed E-state index contributed by atoms with van der Waals surface area (Å²) in [5.41, 5.74) is 29.4. The van der Waals surface area contributed by atoms with Gasteiger partial charge in [0.2, 0.25) is 0 Å². The summed E-state index contributed by atoms with van der Waals surface area (Å²) in [6.07, 6.45) is 70.3. The van der Waals surface area contributed by atoms with Crippen LogP contribution in [0.3, 0.4) is 0 Å². The second-order valence-corrected chi connectivity index (χ2v) is 36.6. The summed E-state index contributed by atoms with van der Waals surface area (Å²) in [6, 6.07) is 27.2. The van der Waals surface area contributed by atoms with Gasteiger partial charge >= 0.3 is 0 Å². The molecule has 15 rings (SSSR count). The number of benzene rings is 3. The van der Waals surface area contributed by atoms with Crippen LogP contribution in [0.4, 0.5) is 5.69 Å². The molecule has 3 fully saturated rings. The molecule has 3 saturated carbocycles. The van der Waals surface area contributed by atoms with Crippen molar-refractivity contribution in [2.45, 2.75) is 254 Å². The SMILES string of the molecule is C=C/C=C1/c2ccccc2C(C)(C)C1CCN(C1=C/C2=C(C3(C)CCC4CCC=CC4C3)/C(C)=C/C=C(/N(c3ccc4c(c3)C(C)(C)C(/C=C\CCC)=C4C)C3C=C4C(CC3)C3C=CCCC3C4(C)C)CCC(C3=Cc4ccccc4CC3)C2CCC1)C1C=C2C(=CC1)CC(/C=C\CC)C2(C)C. The topological polar surface area (TPSA) is 6.48 Å². The number of anilines is 1. The lowest BCUT2D eigenvalue weighted by Gasteiger charge is -2.47. The van der Waals surface area contributed by atoms with Gasteiger partial charge in [0, 0.05) is 29.0 Å². The van der Waals surface area contributed by atoms with Crippen molar-refractivity contribution in [3.63, 3.8) is 0 Å². The predicted octanol–water partition coefficient (Wildman–Crippen LogP) is 26.8. The van der Waals surface area contributed by atoms with E-state index in [1.807, 2.05) is 0 Å². The van der Waals surface area contributed by atoms with E-state index in [9.17, 15) is 0 Å². The lowest BCUT2D eigenvalue weighted by molar-refractivity contribution is 0.149. The number of allylic oxidation sites excluding steroid dienone is 25. The molecule has 2 heteroatoms. The molecule has 0 N–H and O–H groups in total. The first-order valence-electron chi connectivity index (χ1n) is 41.4. The Morgan fingerprint density at radius 2 is 1.50 bits per heavy atom. The van der Waals surface area contributed by atoms with Gasteiger partial charge < -0.3 is 9.80 Å². The van der Waals surface area contributed by atoms with Gasteiger partial charge in [-0.25, -0.2) is 0 Å². The Morgan fingerprint density at radius 1 is 0.686 bits per heavy atom. The summed E-state index contributed by atoms with van der Waals surface area (Å²) in [6.45, 7) is 38.3. The number of unbranched alkanes of at least 4 members (excludes halogenated alkanes) is 1. The van der Waals surface area contributed by atoms with Gasteiger partial charge in [-0.3, -0.25) is 0 Å². The molecule has 0 amide bonds. The first-order valence-corrected chi connectivity index (χ1v) is 41.4. The highest BCUT2D eigenvalue weighted by molar-refractivity contribution is 5.83. The van der Waals surface area contributed by atoms with E-state index in [0.717, 1.165) is 76.7 Å². The molecule has 0 heterocycles. The highest BCUT2D eigenvalue weighted by Crippen LogP contribution is 2.63.